The van der Waals surface area contributed by atoms with Crippen LogP contribution in [0.2, 0.25) is 0 Å². The lowest BCUT2D eigenvalue weighted by Gasteiger charge is -2.06. The standard InChI is InChI=1S/C13H15N5O2S/c1-18-10-15-17-13(18)9-16-21(19,20)12-6-2-4-11(8-12)5-3-7-14/h2,4,6,8,10,16H,7,9,14H2,1H3. The fraction of sp³-hybridized carbons (Fsp3) is 0.231. The highest BCUT2D eigenvalue weighted by atomic mass is 32.2. The number of sulfonamides is 1. The molecule has 0 amide bonds. The summed E-state index contributed by atoms with van der Waals surface area (Å²) in [7, 11) is -1.89. The van der Waals surface area contributed by atoms with Crippen LogP contribution in [0.3, 0.4) is 0 Å². The minimum Gasteiger partial charge on any atom is -0.320 e. The Bertz CT molecular complexity index is 786. The summed E-state index contributed by atoms with van der Waals surface area (Å²) in [6.45, 7) is 0.291. The van der Waals surface area contributed by atoms with Gasteiger partial charge in [0.2, 0.25) is 10.0 Å². The topological polar surface area (TPSA) is 103 Å². The van der Waals surface area contributed by atoms with Crippen LogP contribution in [0, 0.1) is 11.8 Å². The summed E-state index contributed by atoms with van der Waals surface area (Å²) in [5.74, 6) is 6.01. The van der Waals surface area contributed by atoms with Gasteiger partial charge in [-0.15, -0.1) is 10.2 Å². The number of nitrogens with two attached hydrogens (primary N) is 1. The zero-order valence-corrected chi connectivity index (χ0v) is 12.3. The zero-order valence-electron chi connectivity index (χ0n) is 11.4. The molecule has 1 aromatic carbocycles. The molecule has 0 radical (unpaired) electrons. The maximum absolute atomic E-state index is 12.2. The maximum Gasteiger partial charge on any atom is 0.241 e. The van der Waals surface area contributed by atoms with Crippen molar-refractivity contribution in [3.63, 3.8) is 0 Å². The average Bonchev–Trinajstić information content (AvgIpc) is 2.89. The van der Waals surface area contributed by atoms with E-state index in [1.165, 1.54) is 18.5 Å². The second-order valence-corrected chi connectivity index (χ2v) is 5.98. The van der Waals surface area contributed by atoms with E-state index in [2.05, 4.69) is 26.8 Å². The Morgan fingerprint density at radius 3 is 2.90 bits per heavy atom. The van der Waals surface area contributed by atoms with E-state index in [1.54, 1.807) is 23.7 Å². The van der Waals surface area contributed by atoms with Crippen molar-refractivity contribution >= 4 is 10.0 Å². The highest BCUT2D eigenvalue weighted by Crippen LogP contribution is 2.11. The number of benzene rings is 1. The molecule has 0 fully saturated rings. The molecule has 0 aliphatic heterocycles. The Balaban J connectivity index is 2.17. The number of hydrogen-bond donors (Lipinski definition) is 2. The van der Waals surface area contributed by atoms with Crippen LogP contribution in [0.5, 0.6) is 0 Å². The minimum absolute atomic E-state index is 0.0670. The highest BCUT2D eigenvalue weighted by molar-refractivity contribution is 7.89. The van der Waals surface area contributed by atoms with Crippen LogP contribution in [0.1, 0.15) is 11.4 Å². The first-order valence-electron chi connectivity index (χ1n) is 6.14. The lowest BCUT2D eigenvalue weighted by molar-refractivity contribution is 0.577. The molecular weight excluding hydrogens is 290 g/mol. The molecule has 1 heterocycles. The second-order valence-electron chi connectivity index (χ2n) is 4.22. The summed E-state index contributed by atoms with van der Waals surface area (Å²) in [5, 5.41) is 7.51. The normalized spacial score (nSPS) is 11.0. The number of aryl methyl sites for hydroxylation is 1. The van der Waals surface area contributed by atoms with E-state index in [-0.39, 0.29) is 18.0 Å². The molecule has 0 aliphatic carbocycles. The van der Waals surface area contributed by atoms with Gasteiger partial charge in [0.15, 0.2) is 0 Å². The van der Waals surface area contributed by atoms with Gasteiger partial charge >= 0.3 is 0 Å². The zero-order chi connectivity index (χ0) is 15.3. The number of nitrogens with one attached hydrogen (secondary N) is 1. The van der Waals surface area contributed by atoms with Gasteiger partial charge < -0.3 is 10.3 Å². The summed E-state index contributed by atoms with van der Waals surface area (Å²) in [6, 6.07) is 6.37. The van der Waals surface area contributed by atoms with E-state index >= 15 is 0 Å². The van der Waals surface area contributed by atoms with Crippen LogP contribution < -0.4 is 10.5 Å². The summed E-state index contributed by atoms with van der Waals surface area (Å²) >= 11 is 0. The summed E-state index contributed by atoms with van der Waals surface area (Å²) < 4.78 is 28.6. The maximum atomic E-state index is 12.2. The van der Waals surface area contributed by atoms with Gasteiger partial charge in [-0.2, -0.15) is 0 Å². The van der Waals surface area contributed by atoms with Crippen molar-refractivity contribution in [1.29, 1.82) is 0 Å². The van der Waals surface area contributed by atoms with Crippen molar-refractivity contribution in [3.05, 3.63) is 42.0 Å². The molecule has 0 spiro atoms. The van der Waals surface area contributed by atoms with E-state index in [4.69, 9.17) is 5.73 Å². The molecule has 8 heteroatoms. The van der Waals surface area contributed by atoms with Crippen LogP contribution in [0.4, 0.5) is 0 Å². The molecule has 3 N–H and O–H groups in total. The van der Waals surface area contributed by atoms with Crippen molar-refractivity contribution in [2.24, 2.45) is 12.8 Å². The minimum atomic E-state index is -3.63. The molecule has 0 saturated carbocycles. The SMILES string of the molecule is Cn1cnnc1CNS(=O)(=O)c1cccc(C#CCN)c1. The first-order chi connectivity index (χ1) is 10.0. The molecule has 0 unspecified atom stereocenters. The third-order valence-electron chi connectivity index (χ3n) is 2.70. The summed E-state index contributed by atoms with van der Waals surface area (Å²) in [6.07, 6.45) is 1.51. The second kappa shape index (κ2) is 6.49. The van der Waals surface area contributed by atoms with Gasteiger partial charge in [-0.3, -0.25) is 0 Å². The third-order valence-corrected chi connectivity index (χ3v) is 4.10. The largest absolute Gasteiger partial charge is 0.320 e. The Labute approximate surface area is 123 Å². The number of hydrogen-bond acceptors (Lipinski definition) is 5. The smallest absolute Gasteiger partial charge is 0.241 e. The number of nitrogens with zero attached hydrogens (tertiary/aromatic N) is 3. The molecule has 110 valence electrons. The summed E-state index contributed by atoms with van der Waals surface area (Å²) in [5.41, 5.74) is 5.90. The van der Waals surface area contributed by atoms with Gasteiger partial charge in [0.25, 0.3) is 0 Å². The van der Waals surface area contributed by atoms with Crippen molar-refractivity contribution in [1.82, 2.24) is 19.5 Å². The van der Waals surface area contributed by atoms with Crippen molar-refractivity contribution in [2.45, 2.75) is 11.4 Å². The molecule has 7 nitrogen and oxygen atoms in total. The average molecular weight is 305 g/mol. The molecule has 21 heavy (non-hydrogen) atoms. The molecule has 0 bridgehead atoms. The van der Waals surface area contributed by atoms with E-state index in [0.717, 1.165) is 0 Å². The van der Waals surface area contributed by atoms with Crippen LogP contribution in [0.25, 0.3) is 0 Å². The van der Waals surface area contributed by atoms with Crippen LogP contribution >= 0.6 is 0 Å². The molecule has 1 aromatic heterocycles. The van der Waals surface area contributed by atoms with E-state index in [9.17, 15) is 8.42 Å². The van der Waals surface area contributed by atoms with Crippen molar-refractivity contribution < 1.29 is 8.42 Å². The Morgan fingerprint density at radius 1 is 1.43 bits per heavy atom. The number of aromatic nitrogens is 3. The first kappa shape index (κ1) is 15.2. The fourth-order valence-electron chi connectivity index (χ4n) is 1.60. The lowest BCUT2D eigenvalue weighted by Crippen LogP contribution is -2.24. The van der Waals surface area contributed by atoms with Crippen molar-refractivity contribution in [3.8, 4) is 11.8 Å². The molecular formula is C13H15N5O2S. The van der Waals surface area contributed by atoms with Gasteiger partial charge in [-0.25, -0.2) is 13.1 Å². The molecule has 0 atom stereocenters. The molecule has 0 saturated heterocycles. The van der Waals surface area contributed by atoms with Gasteiger partial charge in [0.05, 0.1) is 18.0 Å². The van der Waals surface area contributed by atoms with E-state index in [1.807, 2.05) is 0 Å². The Hall–Kier alpha value is -2.21. The fourth-order valence-corrected chi connectivity index (χ4v) is 2.63. The predicted molar refractivity (Wildman–Crippen MR) is 77.4 cm³/mol. The van der Waals surface area contributed by atoms with Gasteiger partial charge in [0, 0.05) is 12.6 Å². The quantitative estimate of drug-likeness (QED) is 0.748. The first-order valence-corrected chi connectivity index (χ1v) is 7.63. The van der Waals surface area contributed by atoms with Gasteiger partial charge in [-0.1, -0.05) is 17.9 Å². The number of rotatable bonds is 4. The Morgan fingerprint density at radius 2 is 2.24 bits per heavy atom. The third kappa shape index (κ3) is 3.88. The predicted octanol–water partition coefficient (Wildman–Crippen LogP) is -0.396. The molecule has 2 rings (SSSR count). The van der Waals surface area contributed by atoms with Gasteiger partial charge in [0.1, 0.15) is 12.2 Å². The van der Waals surface area contributed by atoms with Crippen LogP contribution in [-0.4, -0.2) is 29.7 Å². The van der Waals surface area contributed by atoms with Crippen molar-refractivity contribution in [2.75, 3.05) is 6.54 Å². The molecule has 0 aliphatic rings. The Kier molecular flexibility index (Phi) is 4.70. The van der Waals surface area contributed by atoms with E-state index < -0.39 is 10.0 Å². The monoisotopic (exact) mass is 305 g/mol. The van der Waals surface area contributed by atoms with Crippen LogP contribution in [-0.2, 0) is 23.6 Å². The summed E-state index contributed by atoms with van der Waals surface area (Å²) in [4.78, 5) is 0.147. The van der Waals surface area contributed by atoms with E-state index in [0.29, 0.717) is 11.4 Å². The highest BCUT2D eigenvalue weighted by Gasteiger charge is 2.15. The van der Waals surface area contributed by atoms with Crippen LogP contribution in [0.15, 0.2) is 35.5 Å². The lowest BCUT2D eigenvalue weighted by atomic mass is 10.2. The molecule has 2 aromatic rings. The van der Waals surface area contributed by atoms with Gasteiger partial charge in [-0.05, 0) is 18.2 Å².